The van der Waals surface area contributed by atoms with Gasteiger partial charge in [-0.05, 0) is 24.3 Å². The van der Waals surface area contributed by atoms with Crippen LogP contribution in [0, 0.1) is 56.2 Å². The van der Waals surface area contributed by atoms with Crippen molar-refractivity contribution in [3.8, 4) is 35.5 Å². The minimum Gasteiger partial charge on any atom is -0.493 e. The van der Waals surface area contributed by atoms with Gasteiger partial charge in [-0.2, -0.15) is 15.8 Å². The molecular weight excluding hydrogens is 472 g/mol. The normalized spacial score (nSPS) is 28.1. The lowest BCUT2D eigenvalue weighted by atomic mass is 9.53. The van der Waals surface area contributed by atoms with Gasteiger partial charge in [-0.25, -0.2) is 0 Å². The molecule has 0 aromatic heterocycles. The second kappa shape index (κ2) is 8.36. The van der Waals surface area contributed by atoms with E-state index in [9.17, 15) is 15.8 Å². The minimum absolute atomic E-state index is 0.154. The lowest BCUT2D eigenvalue weighted by Gasteiger charge is -2.49. The summed E-state index contributed by atoms with van der Waals surface area (Å²) in [6.45, 7) is 1.62. The Balaban J connectivity index is 2.09. The van der Waals surface area contributed by atoms with E-state index in [0.717, 1.165) is 0 Å². The fourth-order valence-corrected chi connectivity index (χ4v) is 5.37. The monoisotopic (exact) mass is 492 g/mol. The van der Waals surface area contributed by atoms with Gasteiger partial charge in [0.1, 0.15) is 6.10 Å². The number of ether oxygens (including phenoxy) is 5. The van der Waals surface area contributed by atoms with E-state index in [1.54, 1.807) is 43.3 Å². The number of nitrogens with zero attached hydrogens (tertiary/aromatic N) is 3. The first-order valence-corrected chi connectivity index (χ1v) is 10.9. The van der Waals surface area contributed by atoms with Gasteiger partial charge >= 0.3 is 0 Å². The third-order valence-corrected chi connectivity index (χ3v) is 7.15. The third kappa shape index (κ3) is 2.85. The summed E-state index contributed by atoms with van der Waals surface area (Å²) in [5.74, 6) is -2.42. The van der Waals surface area contributed by atoms with Crippen LogP contribution >= 0.6 is 11.6 Å². The Morgan fingerprint density at radius 3 is 2.20 bits per heavy atom. The van der Waals surface area contributed by atoms with Crippen LogP contribution in [0.3, 0.4) is 0 Å². The zero-order chi connectivity index (χ0) is 25.6. The molecule has 4 rings (SSSR count). The topological polar surface area (TPSA) is 141 Å². The average molecular weight is 493 g/mol. The average Bonchev–Trinajstić information content (AvgIpc) is 3.04. The molecule has 4 unspecified atom stereocenters. The van der Waals surface area contributed by atoms with Crippen LogP contribution in [-0.4, -0.2) is 27.2 Å². The number of hydrogen-bond acceptors (Lipinski definition) is 9. The molecule has 0 saturated carbocycles. The van der Waals surface area contributed by atoms with Crippen molar-refractivity contribution in [3.05, 3.63) is 52.5 Å². The maximum atomic E-state index is 10.5. The molecule has 10 heteroatoms. The summed E-state index contributed by atoms with van der Waals surface area (Å²) in [5, 5.41) is 40.4. The van der Waals surface area contributed by atoms with E-state index in [1.807, 2.05) is 12.1 Å². The van der Waals surface area contributed by atoms with Gasteiger partial charge in [-0.3, -0.25) is 5.41 Å². The van der Waals surface area contributed by atoms with Gasteiger partial charge in [-0.1, -0.05) is 30.7 Å². The quantitative estimate of drug-likeness (QED) is 0.643. The molecule has 2 heterocycles. The maximum Gasteiger partial charge on any atom is 0.244 e. The first-order valence-electron chi connectivity index (χ1n) is 10.5. The van der Waals surface area contributed by atoms with Crippen LogP contribution in [0.2, 0.25) is 5.02 Å². The highest BCUT2D eigenvalue weighted by atomic mass is 35.5. The summed E-state index contributed by atoms with van der Waals surface area (Å²) in [5.41, 5.74) is -3.46. The smallest absolute Gasteiger partial charge is 0.244 e. The van der Waals surface area contributed by atoms with Crippen molar-refractivity contribution in [1.29, 1.82) is 21.2 Å². The molecule has 35 heavy (non-hydrogen) atoms. The Hall–Kier alpha value is -3.97. The standard InChI is InChI=1S/C25H21ClN4O5/c1-14-24(13-29)22(30)35-25(14,15-6-5-7-16(26)10-15)34-21(23(24,11-27)12-28)17-8-9-18(31-2)20(33-4)19(17)32-3/h5-10,14,21,30H,1-4H3. The van der Waals surface area contributed by atoms with Crippen LogP contribution in [0.4, 0.5) is 0 Å². The van der Waals surface area contributed by atoms with Crippen molar-refractivity contribution < 1.29 is 23.7 Å². The molecule has 2 aromatic rings. The highest BCUT2D eigenvalue weighted by molar-refractivity contribution is 6.30. The molecule has 2 aliphatic heterocycles. The number of nitrogens with one attached hydrogen (secondary N) is 1. The molecule has 178 valence electrons. The molecule has 9 nitrogen and oxygen atoms in total. The Morgan fingerprint density at radius 1 is 0.971 bits per heavy atom. The van der Waals surface area contributed by atoms with Gasteiger partial charge in [0.2, 0.25) is 22.8 Å². The second-order valence-electron chi connectivity index (χ2n) is 8.20. The van der Waals surface area contributed by atoms with Crippen molar-refractivity contribution in [2.24, 2.45) is 16.7 Å². The highest BCUT2D eigenvalue weighted by Crippen LogP contribution is 2.70. The second-order valence-corrected chi connectivity index (χ2v) is 8.64. The molecule has 4 atom stereocenters. The van der Waals surface area contributed by atoms with Crippen LogP contribution < -0.4 is 14.2 Å². The maximum absolute atomic E-state index is 10.5. The van der Waals surface area contributed by atoms with E-state index in [1.165, 1.54) is 21.3 Å². The van der Waals surface area contributed by atoms with Crippen molar-refractivity contribution in [2.45, 2.75) is 18.8 Å². The first-order chi connectivity index (χ1) is 16.8. The summed E-state index contributed by atoms with van der Waals surface area (Å²) < 4.78 is 29.0. The third-order valence-electron chi connectivity index (χ3n) is 6.91. The summed E-state index contributed by atoms with van der Waals surface area (Å²) in [7, 11) is 4.27. The van der Waals surface area contributed by atoms with Crippen LogP contribution in [0.15, 0.2) is 36.4 Å². The Labute approximate surface area is 207 Å². The summed E-state index contributed by atoms with van der Waals surface area (Å²) in [6.07, 6.45) is -1.38. The molecule has 2 fully saturated rings. The number of fused-ring (bicyclic) bond motifs is 2. The molecule has 0 aliphatic carbocycles. The zero-order valence-corrected chi connectivity index (χ0v) is 20.1. The minimum atomic E-state index is -2.18. The van der Waals surface area contributed by atoms with Crippen molar-refractivity contribution in [2.75, 3.05) is 21.3 Å². The molecule has 2 bridgehead atoms. The summed E-state index contributed by atoms with van der Waals surface area (Å²) in [4.78, 5) is 0. The van der Waals surface area contributed by atoms with Crippen LogP contribution in [0.1, 0.15) is 24.2 Å². The summed E-state index contributed by atoms with van der Waals surface area (Å²) in [6, 6.07) is 15.9. The molecule has 1 N–H and O–H groups in total. The lowest BCUT2D eigenvalue weighted by molar-refractivity contribution is -0.288. The summed E-state index contributed by atoms with van der Waals surface area (Å²) >= 11 is 6.25. The number of rotatable bonds is 5. The van der Waals surface area contributed by atoms with Gasteiger partial charge in [0, 0.05) is 16.1 Å². The fourth-order valence-electron chi connectivity index (χ4n) is 5.18. The molecule has 0 spiro atoms. The lowest BCUT2D eigenvalue weighted by Crippen LogP contribution is -2.57. The predicted molar refractivity (Wildman–Crippen MR) is 123 cm³/mol. The Kier molecular flexibility index (Phi) is 5.77. The first kappa shape index (κ1) is 24.2. The molecular formula is C25H21ClN4O5. The molecule has 2 aromatic carbocycles. The number of hydrogen-bond donors (Lipinski definition) is 1. The van der Waals surface area contributed by atoms with Gasteiger partial charge in [0.15, 0.2) is 16.9 Å². The van der Waals surface area contributed by atoms with E-state index in [0.29, 0.717) is 16.3 Å². The SMILES string of the molecule is COc1ccc(C2OC3(c4cccc(Cl)c4)OC(=N)C(C#N)(C3C)C2(C#N)C#N)c(OC)c1OC. The van der Waals surface area contributed by atoms with Crippen LogP contribution in [-0.2, 0) is 15.3 Å². The zero-order valence-electron chi connectivity index (χ0n) is 19.4. The van der Waals surface area contributed by atoms with Gasteiger partial charge in [-0.15, -0.1) is 0 Å². The Morgan fingerprint density at radius 2 is 1.66 bits per heavy atom. The number of halogens is 1. The van der Waals surface area contributed by atoms with E-state index < -0.39 is 34.5 Å². The van der Waals surface area contributed by atoms with Gasteiger partial charge in [0.05, 0.1) is 45.5 Å². The van der Waals surface area contributed by atoms with Gasteiger partial charge in [0.25, 0.3) is 0 Å². The van der Waals surface area contributed by atoms with E-state index >= 15 is 0 Å². The van der Waals surface area contributed by atoms with E-state index in [-0.39, 0.29) is 17.1 Å². The molecule has 0 amide bonds. The largest absolute Gasteiger partial charge is 0.493 e. The van der Waals surface area contributed by atoms with Crippen molar-refractivity contribution in [1.82, 2.24) is 0 Å². The van der Waals surface area contributed by atoms with Gasteiger partial charge < -0.3 is 23.7 Å². The molecule has 0 radical (unpaired) electrons. The van der Waals surface area contributed by atoms with Crippen molar-refractivity contribution >= 4 is 17.5 Å². The van der Waals surface area contributed by atoms with Crippen molar-refractivity contribution in [3.63, 3.8) is 0 Å². The molecule has 2 saturated heterocycles. The predicted octanol–water partition coefficient (Wildman–Crippen LogP) is 4.48. The van der Waals surface area contributed by atoms with E-state index in [2.05, 4.69) is 6.07 Å². The number of methoxy groups -OCH3 is 3. The highest BCUT2D eigenvalue weighted by Gasteiger charge is 2.80. The molecule has 2 aliphatic rings. The Bertz CT molecular complexity index is 1330. The fraction of sp³-hybridized carbons (Fsp3) is 0.360. The van der Waals surface area contributed by atoms with Crippen LogP contribution in [0.25, 0.3) is 0 Å². The van der Waals surface area contributed by atoms with Crippen LogP contribution in [0.5, 0.6) is 17.2 Å². The number of nitriles is 3. The van der Waals surface area contributed by atoms with E-state index in [4.69, 9.17) is 40.7 Å². The number of benzene rings is 2.